The van der Waals surface area contributed by atoms with Crippen molar-refractivity contribution in [1.29, 1.82) is 0 Å². The number of rotatable bonds is 4. The zero-order chi connectivity index (χ0) is 19.5. The first-order valence-electron chi connectivity index (χ1n) is 8.13. The summed E-state index contributed by atoms with van der Waals surface area (Å²) >= 11 is 16.4. The maximum absolute atomic E-state index is 12.2. The lowest BCUT2D eigenvalue weighted by Crippen LogP contribution is -2.19. The van der Waals surface area contributed by atoms with Crippen LogP contribution < -0.4 is 5.32 Å². The average molecular weight is 463 g/mol. The van der Waals surface area contributed by atoms with E-state index in [1.807, 2.05) is 48.5 Å². The van der Waals surface area contributed by atoms with Gasteiger partial charge in [0.25, 0.3) is 5.91 Å². The van der Waals surface area contributed by atoms with Crippen molar-refractivity contribution in [2.45, 2.75) is 9.10 Å². The van der Waals surface area contributed by atoms with Crippen LogP contribution >= 0.6 is 58.1 Å². The quantitative estimate of drug-likeness (QED) is 0.420. The highest BCUT2D eigenvalue weighted by Gasteiger charge is 2.24. The number of nitrogens with zero attached hydrogens (tertiary/aromatic N) is 1. The average Bonchev–Trinajstić information content (AvgIpc) is 3.26. The van der Waals surface area contributed by atoms with Gasteiger partial charge in [-0.2, -0.15) is 0 Å². The van der Waals surface area contributed by atoms with Gasteiger partial charge in [0.15, 0.2) is 5.17 Å². The van der Waals surface area contributed by atoms with Crippen LogP contribution in [0.2, 0.25) is 10.0 Å². The third-order valence-electron chi connectivity index (χ3n) is 3.62. The molecule has 1 aliphatic heterocycles. The van der Waals surface area contributed by atoms with Gasteiger partial charge in [0.05, 0.1) is 14.8 Å². The zero-order valence-corrected chi connectivity index (χ0v) is 18.1. The number of amidine groups is 1. The summed E-state index contributed by atoms with van der Waals surface area (Å²) in [5.41, 5.74) is 0.742. The Labute approximate surface area is 184 Å². The molecule has 4 rings (SSSR count). The van der Waals surface area contributed by atoms with Crippen LogP contribution in [0.15, 0.2) is 79.7 Å². The number of carbonyl (C=O) groups excluding carboxylic acids is 1. The van der Waals surface area contributed by atoms with Crippen LogP contribution in [0.5, 0.6) is 0 Å². The minimum absolute atomic E-state index is 0.141. The molecule has 0 spiro atoms. The SMILES string of the molecule is O=C1NC(=Nc2ccc(Cl)cc2)S/C1=C\c1ccc(Sc2ccc(Cl)cc2)s1. The number of thiophene rings is 1. The van der Waals surface area contributed by atoms with Gasteiger partial charge >= 0.3 is 0 Å². The molecule has 140 valence electrons. The van der Waals surface area contributed by atoms with Crippen LogP contribution in [0.25, 0.3) is 6.08 Å². The van der Waals surface area contributed by atoms with Crippen LogP contribution in [0, 0.1) is 0 Å². The first kappa shape index (κ1) is 19.6. The molecule has 1 amide bonds. The Morgan fingerprint density at radius 2 is 1.61 bits per heavy atom. The zero-order valence-electron chi connectivity index (χ0n) is 14.2. The second-order valence-corrected chi connectivity index (χ2v) is 10.1. The minimum Gasteiger partial charge on any atom is -0.300 e. The van der Waals surface area contributed by atoms with Crippen molar-refractivity contribution in [3.05, 3.63) is 80.5 Å². The van der Waals surface area contributed by atoms with Crippen LogP contribution in [-0.4, -0.2) is 11.1 Å². The monoisotopic (exact) mass is 462 g/mol. The van der Waals surface area contributed by atoms with Gasteiger partial charge < -0.3 is 5.32 Å². The van der Waals surface area contributed by atoms with E-state index in [1.165, 1.54) is 11.8 Å². The molecule has 2 aromatic carbocycles. The van der Waals surface area contributed by atoms with Crippen LogP contribution in [0.4, 0.5) is 5.69 Å². The summed E-state index contributed by atoms with van der Waals surface area (Å²) in [6, 6.07) is 19.0. The number of nitrogens with one attached hydrogen (secondary N) is 1. The topological polar surface area (TPSA) is 41.5 Å². The van der Waals surface area contributed by atoms with E-state index in [2.05, 4.69) is 16.4 Å². The highest BCUT2D eigenvalue weighted by molar-refractivity contribution is 8.18. The van der Waals surface area contributed by atoms with Gasteiger partial charge in [-0.15, -0.1) is 11.3 Å². The first-order chi connectivity index (χ1) is 13.5. The van der Waals surface area contributed by atoms with Gasteiger partial charge in [-0.1, -0.05) is 35.0 Å². The van der Waals surface area contributed by atoms with E-state index in [0.717, 1.165) is 24.7 Å². The van der Waals surface area contributed by atoms with Gasteiger partial charge in [0.2, 0.25) is 0 Å². The molecule has 1 N–H and O–H groups in total. The molecular formula is C20H12Cl2N2OS3. The molecule has 2 heterocycles. The molecule has 1 aliphatic rings. The highest BCUT2D eigenvalue weighted by Crippen LogP contribution is 2.36. The van der Waals surface area contributed by atoms with Gasteiger partial charge in [0, 0.05) is 19.8 Å². The fourth-order valence-corrected chi connectivity index (χ4v) is 5.55. The van der Waals surface area contributed by atoms with Crippen LogP contribution in [0.1, 0.15) is 4.88 Å². The maximum Gasteiger partial charge on any atom is 0.264 e. The normalized spacial score (nSPS) is 16.7. The van der Waals surface area contributed by atoms with E-state index >= 15 is 0 Å². The number of aliphatic imine (C=N–C) groups is 1. The van der Waals surface area contributed by atoms with E-state index in [0.29, 0.717) is 15.1 Å². The number of hydrogen-bond donors (Lipinski definition) is 1. The molecule has 0 aliphatic carbocycles. The van der Waals surface area contributed by atoms with Crippen molar-refractivity contribution in [2.75, 3.05) is 0 Å². The van der Waals surface area contributed by atoms with E-state index in [9.17, 15) is 4.79 Å². The number of amides is 1. The number of hydrogen-bond acceptors (Lipinski definition) is 5. The lowest BCUT2D eigenvalue weighted by molar-refractivity contribution is -0.115. The number of carbonyl (C=O) groups is 1. The summed E-state index contributed by atoms with van der Waals surface area (Å²) in [6.07, 6.45) is 1.89. The Balaban J connectivity index is 1.47. The van der Waals surface area contributed by atoms with Gasteiger partial charge in [-0.3, -0.25) is 4.79 Å². The molecule has 0 saturated carbocycles. The largest absolute Gasteiger partial charge is 0.300 e. The Kier molecular flexibility index (Phi) is 6.13. The third kappa shape index (κ3) is 5.01. The lowest BCUT2D eigenvalue weighted by Gasteiger charge is -1.97. The molecule has 8 heteroatoms. The summed E-state index contributed by atoms with van der Waals surface area (Å²) in [5, 5.41) is 4.73. The Hall–Kier alpha value is -1.70. The smallest absolute Gasteiger partial charge is 0.264 e. The number of halogens is 2. The standard InChI is InChI=1S/C20H12Cl2N2OS3/c21-12-1-5-14(6-2-12)23-20-24-19(25)17(28-20)11-16-9-10-18(27-16)26-15-7-3-13(22)4-8-15/h1-11H,(H,23,24,25)/b17-11-. The molecule has 1 fully saturated rings. The van der Waals surface area contributed by atoms with Crippen molar-refractivity contribution in [3.63, 3.8) is 0 Å². The summed E-state index contributed by atoms with van der Waals surface area (Å²) in [4.78, 5) is 19.5. The second kappa shape index (κ2) is 8.76. The lowest BCUT2D eigenvalue weighted by atomic mass is 10.3. The van der Waals surface area contributed by atoms with Gasteiger partial charge in [-0.25, -0.2) is 4.99 Å². The van der Waals surface area contributed by atoms with Crippen molar-refractivity contribution in [3.8, 4) is 0 Å². The predicted molar refractivity (Wildman–Crippen MR) is 122 cm³/mol. The third-order valence-corrected chi connectivity index (χ3v) is 7.20. The van der Waals surface area contributed by atoms with Gasteiger partial charge in [-0.05, 0) is 78.5 Å². The summed E-state index contributed by atoms with van der Waals surface area (Å²) in [6.45, 7) is 0. The Bertz CT molecular complexity index is 1070. The van der Waals surface area contributed by atoms with E-state index < -0.39 is 0 Å². The molecule has 1 aromatic heterocycles. The van der Waals surface area contributed by atoms with Crippen LogP contribution in [0.3, 0.4) is 0 Å². The van der Waals surface area contributed by atoms with E-state index in [1.54, 1.807) is 35.2 Å². The maximum atomic E-state index is 12.2. The van der Waals surface area contributed by atoms with Crippen molar-refractivity contribution < 1.29 is 4.79 Å². The van der Waals surface area contributed by atoms with Crippen molar-refractivity contribution >= 4 is 80.9 Å². The van der Waals surface area contributed by atoms with E-state index in [-0.39, 0.29) is 5.91 Å². The fraction of sp³-hybridized carbons (Fsp3) is 0. The summed E-state index contributed by atoms with van der Waals surface area (Å²) < 4.78 is 1.15. The molecule has 0 atom stereocenters. The van der Waals surface area contributed by atoms with E-state index in [4.69, 9.17) is 23.2 Å². The molecule has 0 unspecified atom stereocenters. The molecule has 0 radical (unpaired) electrons. The molecule has 3 nitrogen and oxygen atoms in total. The number of thioether (sulfide) groups is 1. The van der Waals surface area contributed by atoms with Crippen molar-refractivity contribution in [2.24, 2.45) is 4.99 Å². The van der Waals surface area contributed by atoms with Crippen LogP contribution in [-0.2, 0) is 4.79 Å². The molecular weight excluding hydrogens is 451 g/mol. The molecule has 3 aromatic rings. The highest BCUT2D eigenvalue weighted by atomic mass is 35.5. The molecule has 1 saturated heterocycles. The summed E-state index contributed by atoms with van der Waals surface area (Å²) in [5.74, 6) is -0.141. The second-order valence-electron chi connectivity index (χ2n) is 5.67. The Morgan fingerprint density at radius 3 is 2.32 bits per heavy atom. The summed E-state index contributed by atoms with van der Waals surface area (Å²) in [7, 11) is 0. The minimum atomic E-state index is -0.141. The predicted octanol–water partition coefficient (Wildman–Crippen LogP) is 7.10. The fourth-order valence-electron chi connectivity index (χ4n) is 2.33. The molecule has 28 heavy (non-hydrogen) atoms. The van der Waals surface area contributed by atoms with Gasteiger partial charge in [0.1, 0.15) is 0 Å². The number of benzene rings is 2. The van der Waals surface area contributed by atoms with Crippen molar-refractivity contribution in [1.82, 2.24) is 5.32 Å². The molecule has 0 bridgehead atoms. The Morgan fingerprint density at radius 1 is 0.929 bits per heavy atom. The first-order valence-corrected chi connectivity index (χ1v) is 11.3.